The highest BCUT2D eigenvalue weighted by molar-refractivity contribution is 5.76. The average Bonchev–Trinajstić information content (AvgIpc) is 3.21. The minimum Gasteiger partial charge on any atom is -0.337 e. The third kappa shape index (κ3) is 3.53. The highest BCUT2D eigenvalue weighted by atomic mass is 16.2. The van der Waals surface area contributed by atoms with E-state index in [0.29, 0.717) is 25.4 Å². The Bertz CT molecular complexity index is 389. The lowest BCUT2D eigenvalue weighted by Crippen LogP contribution is -2.36. The van der Waals surface area contributed by atoms with E-state index in [1.54, 1.807) is 6.20 Å². The zero-order chi connectivity index (χ0) is 13.0. The summed E-state index contributed by atoms with van der Waals surface area (Å²) in [6.45, 7) is 3.27. The number of carbonyl (C=O) groups is 1. The molecule has 4 nitrogen and oxygen atoms in total. The fourth-order valence-electron chi connectivity index (χ4n) is 2.09. The van der Waals surface area contributed by atoms with Gasteiger partial charge in [0.25, 0.3) is 0 Å². The first-order valence-corrected chi connectivity index (χ1v) is 6.64. The Hall–Kier alpha value is -1.42. The van der Waals surface area contributed by atoms with Crippen LogP contribution in [0, 0.1) is 5.92 Å². The van der Waals surface area contributed by atoms with E-state index in [1.165, 1.54) is 12.8 Å². The molecule has 1 amide bonds. The van der Waals surface area contributed by atoms with Gasteiger partial charge in [0.05, 0.1) is 12.2 Å². The largest absolute Gasteiger partial charge is 0.337 e. The van der Waals surface area contributed by atoms with Gasteiger partial charge in [0.15, 0.2) is 0 Å². The van der Waals surface area contributed by atoms with E-state index >= 15 is 0 Å². The van der Waals surface area contributed by atoms with Gasteiger partial charge in [-0.15, -0.1) is 0 Å². The maximum Gasteiger partial charge on any atom is 0.224 e. The van der Waals surface area contributed by atoms with Crippen LogP contribution in [0.1, 0.15) is 31.9 Å². The van der Waals surface area contributed by atoms with E-state index in [1.807, 2.05) is 30.0 Å². The van der Waals surface area contributed by atoms with Crippen LogP contribution in [0.5, 0.6) is 0 Å². The molecule has 18 heavy (non-hydrogen) atoms. The fraction of sp³-hybridized carbons (Fsp3) is 0.571. The van der Waals surface area contributed by atoms with Gasteiger partial charge < -0.3 is 10.6 Å². The third-order valence-corrected chi connectivity index (χ3v) is 3.45. The lowest BCUT2D eigenvalue weighted by atomic mass is 10.1. The second-order valence-corrected chi connectivity index (χ2v) is 4.93. The van der Waals surface area contributed by atoms with Crippen molar-refractivity contribution in [2.45, 2.75) is 38.8 Å². The standard InChI is InChI=1S/C14H21N3O/c1-2-17(10-12-5-3-4-8-16-12)14(18)9-13(15)11-6-7-11/h3-5,8,11,13H,2,6-7,9-10,15H2,1H3. The van der Waals surface area contributed by atoms with Gasteiger partial charge in [-0.3, -0.25) is 9.78 Å². The zero-order valence-corrected chi connectivity index (χ0v) is 10.9. The van der Waals surface area contributed by atoms with Crippen LogP contribution >= 0.6 is 0 Å². The van der Waals surface area contributed by atoms with Crippen molar-refractivity contribution in [3.8, 4) is 0 Å². The molecular weight excluding hydrogens is 226 g/mol. The quantitative estimate of drug-likeness (QED) is 0.830. The zero-order valence-electron chi connectivity index (χ0n) is 10.9. The maximum absolute atomic E-state index is 12.1. The van der Waals surface area contributed by atoms with Crippen LogP contribution in [-0.2, 0) is 11.3 Å². The van der Waals surface area contributed by atoms with Crippen molar-refractivity contribution < 1.29 is 4.79 Å². The molecule has 1 atom stereocenters. The number of nitrogens with zero attached hydrogens (tertiary/aromatic N) is 2. The number of amides is 1. The third-order valence-electron chi connectivity index (χ3n) is 3.45. The molecule has 1 heterocycles. The lowest BCUT2D eigenvalue weighted by molar-refractivity contribution is -0.132. The van der Waals surface area contributed by atoms with Gasteiger partial charge >= 0.3 is 0 Å². The number of aromatic nitrogens is 1. The second-order valence-electron chi connectivity index (χ2n) is 4.93. The molecule has 0 spiro atoms. The Labute approximate surface area is 108 Å². The predicted octanol–water partition coefficient (Wildman–Crippen LogP) is 1.56. The molecule has 1 aromatic heterocycles. The summed E-state index contributed by atoms with van der Waals surface area (Å²) in [5.41, 5.74) is 6.93. The van der Waals surface area contributed by atoms with Crippen LogP contribution in [0.15, 0.2) is 24.4 Å². The van der Waals surface area contributed by atoms with E-state index < -0.39 is 0 Å². The molecule has 2 N–H and O–H groups in total. The summed E-state index contributed by atoms with van der Waals surface area (Å²) in [6.07, 6.45) is 4.58. The molecule has 1 aliphatic rings. The first-order valence-electron chi connectivity index (χ1n) is 6.64. The molecular formula is C14H21N3O. The Morgan fingerprint density at radius 1 is 1.56 bits per heavy atom. The first kappa shape index (κ1) is 13.0. The van der Waals surface area contributed by atoms with Crippen molar-refractivity contribution in [1.82, 2.24) is 9.88 Å². The number of rotatable bonds is 6. The normalized spacial score (nSPS) is 16.3. The van der Waals surface area contributed by atoms with Crippen molar-refractivity contribution in [2.24, 2.45) is 11.7 Å². The number of pyridine rings is 1. The number of hydrogen-bond donors (Lipinski definition) is 1. The topological polar surface area (TPSA) is 59.2 Å². The molecule has 1 fully saturated rings. The summed E-state index contributed by atoms with van der Waals surface area (Å²) >= 11 is 0. The summed E-state index contributed by atoms with van der Waals surface area (Å²) in [5.74, 6) is 0.713. The highest BCUT2D eigenvalue weighted by Crippen LogP contribution is 2.33. The number of nitrogens with two attached hydrogens (primary N) is 1. The van der Waals surface area contributed by atoms with Crippen LogP contribution in [0.2, 0.25) is 0 Å². The van der Waals surface area contributed by atoms with Gasteiger partial charge in [-0.1, -0.05) is 6.07 Å². The van der Waals surface area contributed by atoms with E-state index in [4.69, 9.17) is 5.73 Å². The van der Waals surface area contributed by atoms with Crippen LogP contribution < -0.4 is 5.73 Å². The minimum atomic E-state index is 0.0373. The second kappa shape index (κ2) is 5.96. The fourth-order valence-corrected chi connectivity index (χ4v) is 2.09. The predicted molar refractivity (Wildman–Crippen MR) is 70.6 cm³/mol. The SMILES string of the molecule is CCN(Cc1ccccn1)C(=O)CC(N)C1CC1. The van der Waals surface area contributed by atoms with Crippen LogP contribution in [0.25, 0.3) is 0 Å². The molecule has 0 bridgehead atoms. The van der Waals surface area contributed by atoms with Crippen molar-refractivity contribution >= 4 is 5.91 Å². The van der Waals surface area contributed by atoms with E-state index in [9.17, 15) is 4.79 Å². The van der Waals surface area contributed by atoms with Crippen LogP contribution in [-0.4, -0.2) is 28.4 Å². The van der Waals surface area contributed by atoms with Crippen LogP contribution in [0.3, 0.4) is 0 Å². The van der Waals surface area contributed by atoms with Gasteiger partial charge in [-0.25, -0.2) is 0 Å². The molecule has 0 aromatic carbocycles. The molecule has 0 saturated heterocycles. The van der Waals surface area contributed by atoms with Crippen molar-refractivity contribution in [3.63, 3.8) is 0 Å². The van der Waals surface area contributed by atoms with Crippen molar-refractivity contribution in [1.29, 1.82) is 0 Å². The molecule has 0 aliphatic heterocycles. The Morgan fingerprint density at radius 2 is 2.33 bits per heavy atom. The van der Waals surface area contributed by atoms with Crippen LogP contribution in [0.4, 0.5) is 0 Å². The number of hydrogen-bond acceptors (Lipinski definition) is 3. The Balaban J connectivity index is 1.89. The summed E-state index contributed by atoms with van der Waals surface area (Å²) in [7, 11) is 0. The summed E-state index contributed by atoms with van der Waals surface area (Å²) in [4.78, 5) is 18.2. The van der Waals surface area contributed by atoms with Gasteiger partial charge in [0.1, 0.15) is 0 Å². The molecule has 98 valence electrons. The van der Waals surface area contributed by atoms with E-state index in [2.05, 4.69) is 4.98 Å². The highest BCUT2D eigenvalue weighted by Gasteiger charge is 2.30. The molecule has 1 aromatic rings. The summed E-state index contributed by atoms with van der Waals surface area (Å²) in [5, 5.41) is 0. The average molecular weight is 247 g/mol. The van der Waals surface area contributed by atoms with Gasteiger partial charge in [0, 0.05) is 25.2 Å². The molecule has 0 radical (unpaired) electrons. The molecule has 1 unspecified atom stereocenters. The number of carbonyl (C=O) groups excluding carboxylic acids is 1. The molecule has 2 rings (SSSR count). The monoisotopic (exact) mass is 247 g/mol. The van der Waals surface area contributed by atoms with Crippen molar-refractivity contribution in [2.75, 3.05) is 6.54 Å². The molecule has 1 aliphatic carbocycles. The van der Waals surface area contributed by atoms with E-state index in [0.717, 1.165) is 5.69 Å². The Kier molecular flexibility index (Phi) is 4.31. The van der Waals surface area contributed by atoms with Gasteiger partial charge in [0.2, 0.25) is 5.91 Å². The van der Waals surface area contributed by atoms with E-state index in [-0.39, 0.29) is 11.9 Å². The summed E-state index contributed by atoms with van der Waals surface area (Å²) in [6, 6.07) is 5.80. The van der Waals surface area contributed by atoms with Crippen molar-refractivity contribution in [3.05, 3.63) is 30.1 Å². The lowest BCUT2D eigenvalue weighted by Gasteiger charge is -2.22. The first-order chi connectivity index (χ1) is 8.70. The molecule has 1 saturated carbocycles. The van der Waals surface area contributed by atoms with Gasteiger partial charge in [-0.05, 0) is 37.8 Å². The minimum absolute atomic E-state index is 0.0373. The smallest absolute Gasteiger partial charge is 0.224 e. The summed E-state index contributed by atoms with van der Waals surface area (Å²) < 4.78 is 0. The Morgan fingerprint density at radius 3 is 2.89 bits per heavy atom. The van der Waals surface area contributed by atoms with Gasteiger partial charge in [-0.2, -0.15) is 0 Å². The molecule has 4 heteroatoms. The maximum atomic E-state index is 12.1.